The summed E-state index contributed by atoms with van der Waals surface area (Å²) in [6, 6.07) is 13.9. The van der Waals surface area contributed by atoms with Crippen molar-refractivity contribution in [3.63, 3.8) is 0 Å². The highest BCUT2D eigenvalue weighted by molar-refractivity contribution is 6.04. The minimum absolute atomic E-state index is 0.317. The van der Waals surface area contributed by atoms with Gasteiger partial charge in [0.15, 0.2) is 0 Å². The molecule has 148 valence electrons. The molecular weight excluding hydrogens is 370 g/mol. The Bertz CT molecular complexity index is 1030. The number of hydrogen-bond acceptors (Lipinski definition) is 6. The lowest BCUT2D eigenvalue weighted by molar-refractivity contribution is 0.0600. The smallest absolute Gasteiger partial charge is 0.337 e. The van der Waals surface area contributed by atoms with Gasteiger partial charge in [-0.15, -0.1) is 0 Å². The third-order valence-electron chi connectivity index (χ3n) is 4.20. The zero-order chi connectivity index (χ0) is 20.8. The van der Waals surface area contributed by atoms with Crippen LogP contribution >= 0.6 is 0 Å². The Labute approximate surface area is 168 Å². The zero-order valence-electron chi connectivity index (χ0n) is 16.4. The molecule has 7 heteroatoms. The van der Waals surface area contributed by atoms with Crippen LogP contribution in [0.2, 0.25) is 0 Å². The van der Waals surface area contributed by atoms with Crippen LogP contribution < -0.4 is 15.4 Å². The van der Waals surface area contributed by atoms with Gasteiger partial charge in [-0.3, -0.25) is 9.78 Å². The molecule has 0 saturated carbocycles. The number of rotatable bonds is 6. The first-order valence-corrected chi connectivity index (χ1v) is 8.86. The number of nitrogens with one attached hydrogen (secondary N) is 2. The molecule has 0 unspecified atom stereocenters. The van der Waals surface area contributed by atoms with Gasteiger partial charge in [0, 0.05) is 11.9 Å². The van der Waals surface area contributed by atoms with Crippen molar-refractivity contribution in [2.75, 3.05) is 24.9 Å². The summed E-state index contributed by atoms with van der Waals surface area (Å²) in [6.45, 7) is 1.98. The van der Waals surface area contributed by atoms with E-state index in [2.05, 4.69) is 20.4 Å². The monoisotopic (exact) mass is 391 g/mol. The fraction of sp³-hybridized carbons (Fsp3) is 0.136. The largest absolute Gasteiger partial charge is 0.495 e. The number of esters is 1. The molecule has 1 aromatic heterocycles. The predicted octanol–water partition coefficient (Wildman–Crippen LogP) is 4.18. The normalized spacial score (nSPS) is 10.2. The van der Waals surface area contributed by atoms with Crippen molar-refractivity contribution in [3.05, 3.63) is 77.6 Å². The minimum Gasteiger partial charge on any atom is -0.495 e. The average molecular weight is 391 g/mol. The fourth-order valence-electron chi connectivity index (χ4n) is 2.72. The Morgan fingerprint density at radius 2 is 1.66 bits per heavy atom. The van der Waals surface area contributed by atoms with Crippen LogP contribution in [0.5, 0.6) is 5.75 Å². The van der Waals surface area contributed by atoms with Crippen LogP contribution in [0.3, 0.4) is 0 Å². The molecule has 2 N–H and O–H groups in total. The highest BCUT2D eigenvalue weighted by Gasteiger charge is 2.11. The summed E-state index contributed by atoms with van der Waals surface area (Å²) in [4.78, 5) is 28.2. The van der Waals surface area contributed by atoms with Gasteiger partial charge in [0.25, 0.3) is 5.91 Å². The van der Waals surface area contributed by atoms with E-state index in [1.165, 1.54) is 13.3 Å². The summed E-state index contributed by atoms with van der Waals surface area (Å²) < 4.78 is 10.0. The number of amides is 1. The summed E-state index contributed by atoms with van der Waals surface area (Å²) >= 11 is 0. The second-order valence-electron chi connectivity index (χ2n) is 6.31. The Morgan fingerprint density at radius 1 is 0.897 bits per heavy atom. The van der Waals surface area contributed by atoms with E-state index in [4.69, 9.17) is 4.74 Å². The molecule has 3 rings (SSSR count). The van der Waals surface area contributed by atoms with Gasteiger partial charge < -0.3 is 20.1 Å². The molecule has 1 heterocycles. The van der Waals surface area contributed by atoms with Crippen LogP contribution in [-0.2, 0) is 4.74 Å². The Hall–Kier alpha value is -3.87. The Balaban J connectivity index is 1.74. The van der Waals surface area contributed by atoms with Crippen molar-refractivity contribution < 1.29 is 19.1 Å². The third-order valence-corrected chi connectivity index (χ3v) is 4.20. The van der Waals surface area contributed by atoms with E-state index in [9.17, 15) is 9.59 Å². The van der Waals surface area contributed by atoms with Gasteiger partial charge in [-0.25, -0.2) is 4.79 Å². The van der Waals surface area contributed by atoms with Crippen molar-refractivity contribution in [2.24, 2.45) is 0 Å². The molecule has 0 bridgehead atoms. The number of carbonyl (C=O) groups excluding carboxylic acids is 2. The molecule has 0 aliphatic rings. The van der Waals surface area contributed by atoms with Gasteiger partial charge in [0.2, 0.25) is 0 Å². The SMILES string of the molecule is COC(=O)c1ccc(NC(=O)c2cncc(Nc3cc(C)ccc3OC)c2)cc1. The summed E-state index contributed by atoms with van der Waals surface area (Å²) in [5.74, 6) is -0.0586. The van der Waals surface area contributed by atoms with Crippen molar-refractivity contribution in [2.45, 2.75) is 6.92 Å². The minimum atomic E-state index is -0.433. The molecule has 0 atom stereocenters. The second kappa shape index (κ2) is 8.88. The van der Waals surface area contributed by atoms with Gasteiger partial charge in [0.1, 0.15) is 5.75 Å². The van der Waals surface area contributed by atoms with Crippen LogP contribution in [0.4, 0.5) is 17.1 Å². The fourth-order valence-corrected chi connectivity index (χ4v) is 2.72. The molecule has 0 aliphatic heterocycles. The maximum Gasteiger partial charge on any atom is 0.337 e. The number of hydrogen-bond donors (Lipinski definition) is 2. The lowest BCUT2D eigenvalue weighted by Gasteiger charge is -2.12. The van der Waals surface area contributed by atoms with E-state index in [1.54, 1.807) is 43.6 Å². The summed E-state index contributed by atoms with van der Waals surface area (Å²) in [5.41, 5.74) is 3.86. The van der Waals surface area contributed by atoms with Gasteiger partial charge in [-0.1, -0.05) is 6.07 Å². The van der Waals surface area contributed by atoms with E-state index in [0.717, 1.165) is 11.3 Å². The third kappa shape index (κ3) is 4.90. The molecular formula is C22H21N3O4. The second-order valence-corrected chi connectivity index (χ2v) is 6.31. The first-order valence-electron chi connectivity index (χ1n) is 8.86. The van der Waals surface area contributed by atoms with Crippen LogP contribution in [-0.4, -0.2) is 31.1 Å². The number of aromatic nitrogens is 1. The molecule has 0 spiro atoms. The standard InChI is InChI=1S/C22H21N3O4/c1-14-4-9-20(28-2)19(10-14)24-18-11-16(12-23-13-18)21(26)25-17-7-5-15(6-8-17)22(27)29-3/h4-13,24H,1-3H3,(H,25,26). The number of ether oxygens (including phenoxy) is 2. The number of nitrogens with zero attached hydrogens (tertiary/aromatic N) is 1. The van der Waals surface area contributed by atoms with Gasteiger partial charge in [0.05, 0.1) is 42.9 Å². The van der Waals surface area contributed by atoms with Crippen LogP contribution in [0.25, 0.3) is 0 Å². The van der Waals surface area contributed by atoms with E-state index in [0.29, 0.717) is 28.3 Å². The quantitative estimate of drug-likeness (QED) is 0.613. The molecule has 3 aromatic rings. The zero-order valence-corrected chi connectivity index (χ0v) is 16.4. The molecule has 0 fully saturated rings. The molecule has 1 amide bonds. The maximum atomic E-state index is 12.6. The summed E-state index contributed by atoms with van der Waals surface area (Å²) in [7, 11) is 2.92. The molecule has 2 aromatic carbocycles. The average Bonchev–Trinajstić information content (AvgIpc) is 2.74. The van der Waals surface area contributed by atoms with Gasteiger partial charge >= 0.3 is 5.97 Å². The molecule has 0 radical (unpaired) electrons. The number of benzene rings is 2. The highest BCUT2D eigenvalue weighted by atomic mass is 16.5. The van der Waals surface area contributed by atoms with Gasteiger partial charge in [-0.05, 0) is 55.0 Å². The number of anilines is 3. The van der Waals surface area contributed by atoms with Crippen molar-refractivity contribution in [3.8, 4) is 5.75 Å². The number of aryl methyl sites for hydroxylation is 1. The van der Waals surface area contributed by atoms with Crippen molar-refractivity contribution >= 4 is 28.9 Å². The van der Waals surface area contributed by atoms with E-state index < -0.39 is 5.97 Å². The topological polar surface area (TPSA) is 89.5 Å². The van der Waals surface area contributed by atoms with E-state index >= 15 is 0 Å². The van der Waals surface area contributed by atoms with Crippen LogP contribution in [0.1, 0.15) is 26.3 Å². The number of pyridine rings is 1. The first-order chi connectivity index (χ1) is 14.0. The van der Waals surface area contributed by atoms with E-state index in [1.807, 2.05) is 25.1 Å². The molecule has 0 saturated heterocycles. The molecule has 7 nitrogen and oxygen atoms in total. The van der Waals surface area contributed by atoms with Crippen LogP contribution in [0, 0.1) is 6.92 Å². The van der Waals surface area contributed by atoms with Crippen molar-refractivity contribution in [1.29, 1.82) is 0 Å². The lowest BCUT2D eigenvalue weighted by atomic mass is 10.2. The van der Waals surface area contributed by atoms with Crippen molar-refractivity contribution in [1.82, 2.24) is 4.98 Å². The van der Waals surface area contributed by atoms with Crippen LogP contribution in [0.15, 0.2) is 60.9 Å². The van der Waals surface area contributed by atoms with Gasteiger partial charge in [-0.2, -0.15) is 0 Å². The predicted molar refractivity (Wildman–Crippen MR) is 111 cm³/mol. The summed E-state index contributed by atoms with van der Waals surface area (Å²) in [6.07, 6.45) is 3.11. The Morgan fingerprint density at radius 3 is 2.34 bits per heavy atom. The first kappa shape index (κ1) is 19.9. The number of methoxy groups -OCH3 is 2. The van der Waals surface area contributed by atoms with E-state index in [-0.39, 0.29) is 5.91 Å². The number of carbonyl (C=O) groups is 2. The Kier molecular flexibility index (Phi) is 6.09. The lowest BCUT2D eigenvalue weighted by Crippen LogP contribution is -2.13. The maximum absolute atomic E-state index is 12.6. The summed E-state index contributed by atoms with van der Waals surface area (Å²) in [5, 5.41) is 6.01. The molecule has 29 heavy (non-hydrogen) atoms. The highest BCUT2D eigenvalue weighted by Crippen LogP contribution is 2.28. The molecule has 0 aliphatic carbocycles.